The number of hydrogen-bond donors (Lipinski definition) is 0. The van der Waals surface area contributed by atoms with E-state index in [1.807, 2.05) is 0 Å². The number of thioether (sulfide) groups is 1. The highest BCUT2D eigenvalue weighted by Gasteiger charge is 2.14. The van der Waals surface area contributed by atoms with Gasteiger partial charge in [0, 0.05) is 24.3 Å². The molecule has 0 bridgehead atoms. The Bertz CT molecular complexity index is 1040. The molecule has 1 heterocycles. The largest absolute Gasteiger partial charge is 0.269 e. The number of nitrogens with zero attached hydrogens (tertiary/aromatic N) is 4. The lowest BCUT2D eigenvalue weighted by Gasteiger charge is -2.12. The fourth-order valence-corrected chi connectivity index (χ4v) is 3.20. The van der Waals surface area contributed by atoms with Crippen molar-refractivity contribution in [2.24, 2.45) is 0 Å². The van der Waals surface area contributed by atoms with Gasteiger partial charge in [-0.1, -0.05) is 23.9 Å². The summed E-state index contributed by atoms with van der Waals surface area (Å²) in [6.07, 6.45) is 0.327. The van der Waals surface area contributed by atoms with E-state index in [9.17, 15) is 14.9 Å². The van der Waals surface area contributed by atoms with E-state index in [0.29, 0.717) is 33.9 Å². The number of rotatable bonds is 5. The average molecular weight is 352 g/mol. The molecule has 25 heavy (non-hydrogen) atoms. The first kappa shape index (κ1) is 16.7. The number of para-hydroxylation sites is 1. The van der Waals surface area contributed by atoms with Gasteiger partial charge in [-0.3, -0.25) is 19.5 Å². The lowest BCUT2D eigenvalue weighted by Crippen LogP contribution is -2.21. The average Bonchev–Trinajstić information content (AvgIpc) is 2.62. The van der Waals surface area contributed by atoms with E-state index in [1.165, 1.54) is 40.6 Å². The topological polar surface area (TPSA) is 102 Å². The number of benzene rings is 2. The molecule has 0 fully saturated rings. The Morgan fingerprint density at radius 3 is 2.60 bits per heavy atom. The number of nitro benzene ring substituents is 1. The molecule has 3 rings (SSSR count). The van der Waals surface area contributed by atoms with Gasteiger partial charge in [0.05, 0.1) is 27.6 Å². The Balaban J connectivity index is 2.18. The van der Waals surface area contributed by atoms with E-state index in [2.05, 4.69) is 11.1 Å². The summed E-state index contributed by atoms with van der Waals surface area (Å²) in [5.74, 6) is 0.494. The molecule has 2 aromatic carbocycles. The Morgan fingerprint density at radius 2 is 1.92 bits per heavy atom. The fraction of sp³-hybridized carbons (Fsp3) is 0.118. The van der Waals surface area contributed by atoms with Crippen molar-refractivity contribution in [2.75, 3.05) is 5.75 Å². The van der Waals surface area contributed by atoms with E-state index < -0.39 is 4.92 Å². The molecule has 0 amide bonds. The Hall–Kier alpha value is -3.18. The third-order valence-corrected chi connectivity index (χ3v) is 4.45. The molecule has 0 unspecified atom stereocenters. The van der Waals surface area contributed by atoms with Crippen LogP contribution >= 0.6 is 11.8 Å². The first-order valence-electron chi connectivity index (χ1n) is 7.38. The van der Waals surface area contributed by atoms with E-state index >= 15 is 0 Å². The van der Waals surface area contributed by atoms with Crippen molar-refractivity contribution in [2.45, 2.75) is 11.6 Å². The molecule has 0 saturated carbocycles. The normalized spacial score (nSPS) is 10.5. The van der Waals surface area contributed by atoms with Crippen LogP contribution in [0.4, 0.5) is 5.69 Å². The summed E-state index contributed by atoms with van der Waals surface area (Å²) >= 11 is 1.30. The van der Waals surface area contributed by atoms with Gasteiger partial charge in [-0.25, -0.2) is 4.98 Å². The predicted molar refractivity (Wildman–Crippen MR) is 94.9 cm³/mol. The Labute approximate surface area is 146 Å². The van der Waals surface area contributed by atoms with Crippen molar-refractivity contribution in [1.29, 1.82) is 5.26 Å². The third kappa shape index (κ3) is 3.36. The molecule has 0 aliphatic carbocycles. The fourth-order valence-electron chi connectivity index (χ4n) is 2.35. The molecule has 0 atom stereocenters. The molecule has 124 valence electrons. The maximum Gasteiger partial charge on any atom is 0.269 e. The smallest absolute Gasteiger partial charge is 0.268 e. The van der Waals surface area contributed by atoms with Crippen molar-refractivity contribution >= 4 is 28.4 Å². The van der Waals surface area contributed by atoms with Gasteiger partial charge in [-0.05, 0) is 24.3 Å². The summed E-state index contributed by atoms with van der Waals surface area (Å²) in [4.78, 5) is 27.8. The zero-order valence-electron chi connectivity index (χ0n) is 13.0. The molecule has 0 aliphatic heterocycles. The van der Waals surface area contributed by atoms with E-state index in [4.69, 9.17) is 5.26 Å². The summed E-state index contributed by atoms with van der Waals surface area (Å²) in [6, 6.07) is 14.8. The number of hydrogen-bond acceptors (Lipinski definition) is 6. The Morgan fingerprint density at radius 1 is 1.20 bits per heavy atom. The quantitative estimate of drug-likeness (QED) is 0.229. The van der Waals surface area contributed by atoms with Gasteiger partial charge < -0.3 is 0 Å². The molecule has 0 spiro atoms. The lowest BCUT2D eigenvalue weighted by molar-refractivity contribution is -0.384. The lowest BCUT2D eigenvalue weighted by atomic mass is 10.2. The van der Waals surface area contributed by atoms with E-state index in [-0.39, 0.29) is 11.2 Å². The predicted octanol–water partition coefficient (Wildman–Crippen LogP) is 3.30. The highest BCUT2D eigenvalue weighted by molar-refractivity contribution is 7.99. The standard InChI is InChI=1S/C17H12N4O3S/c18-10-3-11-25-17-19-15-5-2-1-4-14(15)16(22)20(17)12-6-8-13(9-7-12)21(23)24/h1-2,4-9H,3,11H2. The van der Waals surface area contributed by atoms with Crippen molar-refractivity contribution in [3.8, 4) is 11.8 Å². The summed E-state index contributed by atoms with van der Waals surface area (Å²) in [5.41, 5.74) is 0.765. The van der Waals surface area contributed by atoms with E-state index in [1.54, 1.807) is 24.3 Å². The maximum atomic E-state index is 12.9. The number of nitro groups is 1. The van der Waals surface area contributed by atoms with Crippen LogP contribution in [0.15, 0.2) is 58.5 Å². The highest BCUT2D eigenvalue weighted by Crippen LogP contribution is 2.23. The van der Waals surface area contributed by atoms with Crippen LogP contribution in [0, 0.1) is 21.4 Å². The molecule has 0 saturated heterocycles. The molecule has 0 N–H and O–H groups in total. The van der Waals surface area contributed by atoms with E-state index in [0.717, 1.165) is 0 Å². The van der Waals surface area contributed by atoms with Gasteiger partial charge in [-0.15, -0.1) is 0 Å². The van der Waals surface area contributed by atoms with Crippen LogP contribution in [-0.4, -0.2) is 20.2 Å². The third-order valence-electron chi connectivity index (χ3n) is 3.51. The zero-order valence-corrected chi connectivity index (χ0v) is 13.8. The molecular weight excluding hydrogens is 340 g/mol. The molecule has 3 aromatic rings. The maximum absolute atomic E-state index is 12.9. The van der Waals surface area contributed by atoms with Crippen molar-refractivity contribution in [3.63, 3.8) is 0 Å². The first-order chi connectivity index (χ1) is 12.1. The molecule has 0 aliphatic rings. The number of aromatic nitrogens is 2. The molecule has 7 nitrogen and oxygen atoms in total. The molecule has 8 heteroatoms. The van der Waals surface area contributed by atoms with Gasteiger partial charge in [0.1, 0.15) is 0 Å². The monoisotopic (exact) mass is 352 g/mol. The zero-order chi connectivity index (χ0) is 17.8. The van der Waals surface area contributed by atoms with Gasteiger partial charge >= 0.3 is 0 Å². The van der Waals surface area contributed by atoms with Gasteiger partial charge in [0.25, 0.3) is 11.2 Å². The van der Waals surface area contributed by atoms with Crippen molar-refractivity contribution in [1.82, 2.24) is 9.55 Å². The Kier molecular flexibility index (Phi) is 4.77. The van der Waals surface area contributed by atoms with Crippen LogP contribution in [0.1, 0.15) is 6.42 Å². The van der Waals surface area contributed by atoms with Crippen LogP contribution in [-0.2, 0) is 0 Å². The number of non-ortho nitro benzene ring substituents is 1. The molecule has 0 radical (unpaired) electrons. The van der Waals surface area contributed by atoms with Gasteiger partial charge in [0.2, 0.25) is 0 Å². The van der Waals surface area contributed by atoms with Crippen LogP contribution < -0.4 is 5.56 Å². The van der Waals surface area contributed by atoms with Crippen molar-refractivity contribution in [3.05, 3.63) is 69.0 Å². The highest BCUT2D eigenvalue weighted by atomic mass is 32.2. The molecule has 1 aromatic heterocycles. The second-order valence-corrected chi connectivity index (χ2v) is 6.14. The number of nitriles is 1. The number of fused-ring (bicyclic) bond motifs is 1. The summed E-state index contributed by atoms with van der Waals surface area (Å²) in [7, 11) is 0. The van der Waals surface area contributed by atoms with Crippen LogP contribution in [0.3, 0.4) is 0 Å². The summed E-state index contributed by atoms with van der Waals surface area (Å²) in [6.45, 7) is 0. The van der Waals surface area contributed by atoms with Crippen LogP contribution in [0.5, 0.6) is 0 Å². The van der Waals surface area contributed by atoms with Crippen LogP contribution in [0.25, 0.3) is 16.6 Å². The summed E-state index contributed by atoms with van der Waals surface area (Å²) < 4.78 is 1.42. The first-order valence-corrected chi connectivity index (χ1v) is 8.37. The minimum absolute atomic E-state index is 0.0516. The van der Waals surface area contributed by atoms with Gasteiger partial charge in [0.15, 0.2) is 5.16 Å². The molecular formula is C17H12N4O3S. The minimum atomic E-state index is -0.492. The second-order valence-electron chi connectivity index (χ2n) is 5.08. The van der Waals surface area contributed by atoms with Gasteiger partial charge in [-0.2, -0.15) is 5.26 Å². The van der Waals surface area contributed by atoms with Crippen LogP contribution in [0.2, 0.25) is 0 Å². The van der Waals surface area contributed by atoms with Crippen molar-refractivity contribution < 1.29 is 4.92 Å². The SMILES string of the molecule is N#CCCSc1nc2ccccc2c(=O)n1-c1ccc([N+](=O)[O-])cc1. The minimum Gasteiger partial charge on any atom is -0.268 e. The second kappa shape index (κ2) is 7.15. The summed E-state index contributed by atoms with van der Waals surface area (Å²) in [5, 5.41) is 20.5.